The van der Waals surface area contributed by atoms with Gasteiger partial charge in [0.25, 0.3) is 0 Å². The number of nitrogens with zero attached hydrogens (tertiary/aromatic N) is 3. The zero-order chi connectivity index (χ0) is 39.1. The van der Waals surface area contributed by atoms with Crippen LogP contribution in [0.4, 0.5) is 51.2 Å². The fourth-order valence-corrected chi connectivity index (χ4v) is 10.5. The lowest BCUT2D eigenvalue weighted by Gasteiger charge is -2.26. The molecule has 280 valence electrons. The van der Waals surface area contributed by atoms with Crippen molar-refractivity contribution >= 4 is 114 Å². The number of hydrogen-bond acceptors (Lipinski definition) is 5. The lowest BCUT2D eigenvalue weighted by Crippen LogP contribution is -2.09. The van der Waals surface area contributed by atoms with E-state index in [2.05, 4.69) is 239 Å². The largest absolute Gasteiger partial charge is 0.310 e. The van der Waals surface area contributed by atoms with E-state index in [1.165, 1.54) is 40.3 Å². The van der Waals surface area contributed by atoms with Gasteiger partial charge in [-0.05, 0) is 127 Å². The van der Waals surface area contributed by atoms with Gasteiger partial charge in [-0.1, -0.05) is 97.1 Å². The first kappa shape index (κ1) is 35.0. The normalized spacial score (nSPS) is 11.4. The molecule has 0 aliphatic carbocycles. The molecule has 0 aliphatic rings. The quantitative estimate of drug-likeness (QED) is 0.144. The summed E-state index contributed by atoms with van der Waals surface area (Å²) in [7, 11) is 0. The van der Waals surface area contributed by atoms with Crippen molar-refractivity contribution in [2.45, 2.75) is 0 Å². The summed E-state index contributed by atoms with van der Waals surface area (Å²) in [4.78, 5) is 7.07. The highest BCUT2D eigenvalue weighted by molar-refractivity contribution is 7.26. The van der Waals surface area contributed by atoms with E-state index in [-0.39, 0.29) is 0 Å². The summed E-state index contributed by atoms with van der Waals surface area (Å²) in [6.45, 7) is 0. The highest BCUT2D eigenvalue weighted by atomic mass is 32.1. The van der Waals surface area contributed by atoms with Gasteiger partial charge < -0.3 is 14.7 Å². The SMILES string of the molecule is c1ccc(N(c2ccccc2)c2ccc3sc4cc(N(c5ccccc5)c5ccc6sc7ccc(N(c8ccccc8)c8ccccc8)cc7c6c5)ccc4c3c2)cc1. The summed E-state index contributed by atoms with van der Waals surface area (Å²) in [6, 6.07) is 80.9. The molecular weight excluding hydrogens is 755 g/mol. The third-order valence-corrected chi connectivity index (χ3v) is 13.3. The predicted molar refractivity (Wildman–Crippen MR) is 256 cm³/mol. The fraction of sp³-hybridized carbons (Fsp3) is 0. The maximum atomic E-state index is 2.40. The minimum atomic E-state index is 1.12. The Bertz CT molecular complexity index is 3140. The molecule has 0 fully saturated rings. The molecule has 0 atom stereocenters. The maximum Gasteiger partial charge on any atom is 0.0476 e. The summed E-state index contributed by atoms with van der Waals surface area (Å²) >= 11 is 3.71. The third kappa shape index (κ3) is 6.47. The number of hydrogen-bond donors (Lipinski definition) is 0. The van der Waals surface area contributed by atoms with E-state index >= 15 is 0 Å². The van der Waals surface area contributed by atoms with Crippen molar-refractivity contribution in [2.75, 3.05) is 14.7 Å². The summed E-state index contributed by atoms with van der Waals surface area (Å²) in [5.41, 5.74) is 10.2. The molecule has 9 aromatic carbocycles. The molecule has 0 unspecified atom stereocenters. The van der Waals surface area contributed by atoms with Crippen molar-refractivity contribution in [1.29, 1.82) is 0 Å². The van der Waals surface area contributed by atoms with Gasteiger partial charge in [0, 0.05) is 91.5 Å². The fourth-order valence-electron chi connectivity index (χ4n) is 8.29. The summed E-state index contributed by atoms with van der Waals surface area (Å²) < 4.78 is 5.08. The lowest BCUT2D eigenvalue weighted by atomic mass is 10.1. The highest BCUT2D eigenvalue weighted by Gasteiger charge is 2.19. The minimum absolute atomic E-state index is 1.12. The number of para-hydroxylation sites is 5. The standard InChI is InChI=1S/C54H37N3S2/c1-6-16-38(17-7-1)55(39-18-8-2-9-19-39)43-27-31-51-48(34-43)47-30-26-46(37-54(47)59-51)57(42-24-14-5-15-25-42)45-29-33-53-50(36-45)49-35-44(28-32-52(49)58-53)56(40-20-10-3-11-21-40)41-22-12-4-13-23-41/h1-37H. The van der Waals surface area contributed by atoms with Gasteiger partial charge >= 0.3 is 0 Å². The molecule has 0 saturated heterocycles. The Morgan fingerprint density at radius 3 is 0.831 bits per heavy atom. The van der Waals surface area contributed by atoms with Crippen LogP contribution in [0.25, 0.3) is 40.3 Å². The average Bonchev–Trinajstić information content (AvgIpc) is 3.86. The molecule has 2 heterocycles. The van der Waals surface area contributed by atoms with Crippen LogP contribution in [-0.4, -0.2) is 0 Å². The smallest absolute Gasteiger partial charge is 0.0476 e. The molecule has 0 N–H and O–H groups in total. The first-order chi connectivity index (χ1) is 29.2. The number of fused-ring (bicyclic) bond motifs is 6. The summed E-state index contributed by atoms with van der Waals surface area (Å²) in [5.74, 6) is 0. The van der Waals surface area contributed by atoms with Gasteiger partial charge in [-0.2, -0.15) is 0 Å². The first-order valence-electron chi connectivity index (χ1n) is 19.8. The molecule has 0 aliphatic heterocycles. The van der Waals surface area contributed by atoms with Crippen LogP contribution in [0, 0.1) is 0 Å². The zero-order valence-electron chi connectivity index (χ0n) is 32.0. The monoisotopic (exact) mass is 791 g/mol. The van der Waals surface area contributed by atoms with Gasteiger partial charge in [0.15, 0.2) is 0 Å². The Morgan fingerprint density at radius 2 is 0.475 bits per heavy atom. The van der Waals surface area contributed by atoms with Crippen molar-refractivity contribution in [3.63, 3.8) is 0 Å². The summed E-state index contributed by atoms with van der Waals surface area (Å²) in [6.07, 6.45) is 0. The van der Waals surface area contributed by atoms with E-state index < -0.39 is 0 Å². The molecule has 0 bridgehead atoms. The topological polar surface area (TPSA) is 9.72 Å². The molecule has 11 aromatic rings. The van der Waals surface area contributed by atoms with E-state index in [0.29, 0.717) is 0 Å². The maximum absolute atomic E-state index is 2.40. The number of rotatable bonds is 9. The Hall–Kier alpha value is -7.18. The number of thiophene rings is 2. The van der Waals surface area contributed by atoms with Crippen molar-refractivity contribution in [2.24, 2.45) is 0 Å². The van der Waals surface area contributed by atoms with Crippen molar-refractivity contribution in [1.82, 2.24) is 0 Å². The van der Waals surface area contributed by atoms with Gasteiger partial charge in [-0.25, -0.2) is 0 Å². The minimum Gasteiger partial charge on any atom is -0.310 e. The van der Waals surface area contributed by atoms with Crippen LogP contribution >= 0.6 is 22.7 Å². The van der Waals surface area contributed by atoms with Gasteiger partial charge in [0.2, 0.25) is 0 Å². The second kappa shape index (κ2) is 15.0. The second-order valence-corrected chi connectivity index (χ2v) is 16.8. The lowest BCUT2D eigenvalue weighted by molar-refractivity contribution is 1.29. The molecule has 0 spiro atoms. The Balaban J connectivity index is 1.02. The van der Waals surface area contributed by atoms with Gasteiger partial charge in [-0.3, -0.25) is 0 Å². The van der Waals surface area contributed by atoms with Crippen LogP contribution in [-0.2, 0) is 0 Å². The van der Waals surface area contributed by atoms with E-state index in [9.17, 15) is 0 Å². The third-order valence-electron chi connectivity index (χ3n) is 11.0. The molecule has 11 rings (SSSR count). The van der Waals surface area contributed by atoms with Gasteiger partial charge in [0.1, 0.15) is 0 Å². The first-order valence-corrected chi connectivity index (χ1v) is 21.5. The van der Waals surface area contributed by atoms with Crippen molar-refractivity contribution < 1.29 is 0 Å². The molecule has 5 heteroatoms. The highest BCUT2D eigenvalue weighted by Crippen LogP contribution is 2.46. The van der Waals surface area contributed by atoms with Gasteiger partial charge in [-0.15, -0.1) is 22.7 Å². The Kier molecular flexibility index (Phi) is 8.88. The van der Waals surface area contributed by atoms with E-state index in [0.717, 1.165) is 51.2 Å². The summed E-state index contributed by atoms with van der Waals surface area (Å²) in [5, 5.41) is 5.03. The average molecular weight is 792 g/mol. The van der Waals surface area contributed by atoms with Gasteiger partial charge in [0.05, 0.1) is 0 Å². The Morgan fingerprint density at radius 1 is 0.203 bits per heavy atom. The molecule has 0 saturated carbocycles. The molecule has 2 aromatic heterocycles. The van der Waals surface area contributed by atoms with Crippen molar-refractivity contribution in [3.05, 3.63) is 224 Å². The molecular formula is C54H37N3S2. The molecule has 59 heavy (non-hydrogen) atoms. The molecule has 3 nitrogen and oxygen atoms in total. The number of anilines is 9. The van der Waals surface area contributed by atoms with Crippen LogP contribution in [0.3, 0.4) is 0 Å². The van der Waals surface area contributed by atoms with Crippen LogP contribution in [0.2, 0.25) is 0 Å². The van der Waals surface area contributed by atoms with Crippen LogP contribution < -0.4 is 14.7 Å². The van der Waals surface area contributed by atoms with Crippen LogP contribution in [0.15, 0.2) is 224 Å². The molecule has 0 radical (unpaired) electrons. The van der Waals surface area contributed by atoms with Crippen molar-refractivity contribution in [3.8, 4) is 0 Å². The van der Waals surface area contributed by atoms with Crippen LogP contribution in [0.1, 0.15) is 0 Å². The molecule has 0 amide bonds. The van der Waals surface area contributed by atoms with E-state index in [1.54, 1.807) is 0 Å². The van der Waals surface area contributed by atoms with Crippen LogP contribution in [0.5, 0.6) is 0 Å². The Labute approximate surface area is 351 Å². The number of benzene rings is 9. The predicted octanol–water partition coefficient (Wildman–Crippen LogP) is 16.8. The second-order valence-electron chi connectivity index (χ2n) is 14.6. The van der Waals surface area contributed by atoms with E-state index in [4.69, 9.17) is 0 Å². The van der Waals surface area contributed by atoms with E-state index in [1.807, 2.05) is 22.7 Å². The zero-order valence-corrected chi connectivity index (χ0v) is 33.7.